The molecule has 2 aliphatic carbocycles. The predicted octanol–water partition coefficient (Wildman–Crippen LogP) is 2.89. The van der Waals surface area contributed by atoms with Crippen molar-refractivity contribution in [2.24, 2.45) is 0 Å². The van der Waals surface area contributed by atoms with Gasteiger partial charge in [0.1, 0.15) is 0 Å². The number of aliphatic hydroxyl groups is 1. The van der Waals surface area contributed by atoms with Crippen LogP contribution < -0.4 is 10.0 Å². The van der Waals surface area contributed by atoms with Crippen LogP contribution in [0.5, 0.6) is 0 Å². The molecule has 0 bridgehead atoms. The molecule has 0 saturated heterocycles. The average molecular weight is 375 g/mol. The molecule has 1 aromatic heterocycles. The van der Waals surface area contributed by atoms with Gasteiger partial charge in [0.25, 0.3) is 0 Å². The van der Waals surface area contributed by atoms with E-state index < -0.39 is 15.9 Å². The summed E-state index contributed by atoms with van der Waals surface area (Å²) in [6, 6.07) is 2.90. The van der Waals surface area contributed by atoms with Crippen molar-refractivity contribution < 1.29 is 18.5 Å². The number of rotatable bonds is 4. The lowest BCUT2D eigenvalue weighted by atomic mass is 9.99. The molecule has 0 spiro atoms. The van der Waals surface area contributed by atoms with E-state index in [1.807, 2.05) is 0 Å². The Labute approximate surface area is 151 Å². The van der Waals surface area contributed by atoms with E-state index in [0.717, 1.165) is 55.3 Å². The molecule has 0 saturated carbocycles. The summed E-state index contributed by atoms with van der Waals surface area (Å²) in [7, 11) is -3.64. The highest BCUT2D eigenvalue weighted by molar-refractivity contribution is 7.91. The summed E-state index contributed by atoms with van der Waals surface area (Å²) in [5, 5.41) is 11.7. The number of carbonyl (C=O) groups excluding carboxylic acids is 1. The smallest absolute Gasteiger partial charge is 0.332 e. The van der Waals surface area contributed by atoms with E-state index in [-0.39, 0.29) is 11.7 Å². The largest absolute Gasteiger partial charge is 0.452 e. The molecule has 26 heavy (non-hydrogen) atoms. The van der Waals surface area contributed by atoms with Gasteiger partial charge in [-0.05, 0) is 60.8 Å². The molecule has 0 aliphatic heterocycles. The van der Waals surface area contributed by atoms with E-state index in [2.05, 4.69) is 16.1 Å². The Morgan fingerprint density at radius 1 is 1.15 bits per heavy atom. The molecule has 7 nitrogen and oxygen atoms in total. The molecule has 0 fully saturated rings. The minimum atomic E-state index is -3.64. The zero-order valence-electron chi connectivity index (χ0n) is 14.3. The van der Waals surface area contributed by atoms with Crippen LogP contribution in [0.25, 0.3) is 0 Å². The second-order valence-electron chi connectivity index (χ2n) is 6.78. The van der Waals surface area contributed by atoms with Crippen LogP contribution in [0, 0.1) is 4.78 Å². The lowest BCUT2D eigenvalue weighted by molar-refractivity contribution is 0.256. The van der Waals surface area contributed by atoms with Crippen LogP contribution in [0.2, 0.25) is 0 Å². The normalized spacial score (nSPS) is 17.4. The number of anilines is 1. The molecule has 1 heterocycles. The Kier molecular flexibility index (Phi) is 4.24. The number of carbonyl (C=O) groups is 1. The van der Waals surface area contributed by atoms with Gasteiger partial charge in [0.2, 0.25) is 5.09 Å². The zero-order chi connectivity index (χ0) is 18.3. The van der Waals surface area contributed by atoms with Gasteiger partial charge in [-0.3, -0.25) is 0 Å². The molecular formula is C18H21N3O4S. The lowest BCUT2D eigenvalue weighted by Crippen LogP contribution is -2.34. The Morgan fingerprint density at radius 3 is 2.38 bits per heavy atom. The van der Waals surface area contributed by atoms with Crippen molar-refractivity contribution in [2.75, 3.05) is 5.32 Å². The topological polar surface area (TPSA) is 115 Å². The summed E-state index contributed by atoms with van der Waals surface area (Å²) in [5.74, 6) is 0. The molecule has 1 unspecified atom stereocenters. The maximum Gasteiger partial charge on any atom is 0.332 e. The van der Waals surface area contributed by atoms with E-state index in [1.54, 1.807) is 0 Å². The predicted molar refractivity (Wildman–Crippen MR) is 96.4 cm³/mol. The van der Waals surface area contributed by atoms with Gasteiger partial charge in [-0.25, -0.2) is 18.5 Å². The zero-order valence-corrected chi connectivity index (χ0v) is 15.1. The highest BCUT2D eigenvalue weighted by Gasteiger charge is 2.26. The summed E-state index contributed by atoms with van der Waals surface area (Å²) in [4.78, 5) is 12.5. The Balaban J connectivity index is 1.58. The number of aliphatic hydroxyl groups excluding tert-OH is 1. The monoisotopic (exact) mass is 375 g/mol. The number of urea groups is 1. The first-order valence-electron chi connectivity index (χ1n) is 8.70. The number of amides is 2. The number of aryl methyl sites for hydroxylation is 2. The van der Waals surface area contributed by atoms with Crippen LogP contribution in [0.3, 0.4) is 0 Å². The third-order valence-corrected chi connectivity index (χ3v) is 6.30. The number of furan rings is 1. The second kappa shape index (κ2) is 6.44. The Bertz CT molecular complexity index is 946. The quantitative estimate of drug-likeness (QED) is 0.657. The van der Waals surface area contributed by atoms with Gasteiger partial charge in [0.15, 0.2) is 9.92 Å². The fourth-order valence-corrected chi connectivity index (χ4v) is 4.79. The van der Waals surface area contributed by atoms with Crippen molar-refractivity contribution in [1.29, 1.82) is 4.78 Å². The fraction of sp³-hybridized carbons (Fsp3) is 0.389. The molecule has 2 aromatic rings. The lowest BCUT2D eigenvalue weighted by Gasteiger charge is -2.16. The first-order valence-corrected chi connectivity index (χ1v) is 10.3. The van der Waals surface area contributed by atoms with Gasteiger partial charge in [-0.15, -0.1) is 0 Å². The molecule has 1 aromatic carbocycles. The van der Waals surface area contributed by atoms with Gasteiger partial charge in [-0.1, -0.05) is 6.07 Å². The third kappa shape index (κ3) is 2.99. The van der Waals surface area contributed by atoms with Crippen LogP contribution in [0.1, 0.15) is 40.7 Å². The van der Waals surface area contributed by atoms with E-state index in [0.29, 0.717) is 5.56 Å². The summed E-state index contributed by atoms with van der Waals surface area (Å²) in [6.07, 6.45) is 7.24. The molecular weight excluding hydrogens is 354 g/mol. The van der Waals surface area contributed by atoms with Gasteiger partial charge in [0, 0.05) is 17.3 Å². The Morgan fingerprint density at radius 2 is 1.81 bits per heavy atom. The fourth-order valence-electron chi connectivity index (χ4n) is 3.87. The van der Waals surface area contributed by atoms with Crippen molar-refractivity contribution in [1.82, 2.24) is 4.72 Å². The van der Waals surface area contributed by atoms with Crippen molar-refractivity contribution in [2.45, 2.75) is 50.2 Å². The second-order valence-corrected chi connectivity index (χ2v) is 8.50. The number of nitrogens with one attached hydrogen (secondary N) is 3. The van der Waals surface area contributed by atoms with E-state index in [1.165, 1.54) is 23.5 Å². The first-order chi connectivity index (χ1) is 12.5. The third-order valence-electron chi connectivity index (χ3n) is 5.04. The minimum absolute atomic E-state index is 0.180. The number of hydrogen-bond acceptors (Lipinski definition) is 5. The summed E-state index contributed by atoms with van der Waals surface area (Å²) >= 11 is 0. The maximum absolute atomic E-state index is 12.5. The molecule has 4 rings (SSSR count). The minimum Gasteiger partial charge on any atom is -0.452 e. The van der Waals surface area contributed by atoms with Crippen LogP contribution in [-0.2, 0) is 42.2 Å². The van der Waals surface area contributed by atoms with Crippen molar-refractivity contribution in [3.05, 3.63) is 46.2 Å². The molecule has 2 aliphatic rings. The van der Waals surface area contributed by atoms with Crippen LogP contribution >= 0.6 is 0 Å². The molecule has 1 atom stereocenters. The summed E-state index contributed by atoms with van der Waals surface area (Å²) in [6.45, 7) is -0.284. The van der Waals surface area contributed by atoms with Crippen LogP contribution in [0.15, 0.2) is 27.9 Å². The molecule has 138 valence electrons. The average Bonchev–Trinajstić information content (AvgIpc) is 3.33. The van der Waals surface area contributed by atoms with Gasteiger partial charge < -0.3 is 14.8 Å². The molecule has 8 heteroatoms. The van der Waals surface area contributed by atoms with E-state index >= 15 is 0 Å². The number of benzene rings is 1. The molecule has 2 amide bonds. The highest BCUT2D eigenvalue weighted by atomic mass is 32.2. The summed E-state index contributed by atoms with van der Waals surface area (Å²) in [5.41, 5.74) is 6.13. The number of fused-ring (bicyclic) bond motifs is 2. The van der Waals surface area contributed by atoms with Crippen LogP contribution in [0.4, 0.5) is 10.5 Å². The standard InChI is InChI=1S/C18H21N3O4S/c19-26(24,16-7-11(9-22)10-25-16)21-18(23)20-17-14-5-1-3-12(14)8-13-4-2-6-15(13)17/h7-8,10,22H,1-6,9H2,(H3,19,20,21,23,24). The van der Waals surface area contributed by atoms with E-state index in [9.17, 15) is 9.00 Å². The maximum atomic E-state index is 12.5. The SMILES string of the molecule is N=S(=O)(NC(=O)Nc1c2c(cc3c1CCC3)CCC2)c1cc(CO)co1. The highest BCUT2D eigenvalue weighted by Crippen LogP contribution is 2.38. The van der Waals surface area contributed by atoms with Crippen LogP contribution in [-0.4, -0.2) is 15.3 Å². The molecule has 4 N–H and O–H groups in total. The van der Waals surface area contributed by atoms with Crippen molar-refractivity contribution in [3.8, 4) is 0 Å². The number of hydrogen-bond donors (Lipinski definition) is 4. The molecule has 0 radical (unpaired) electrons. The van der Waals surface area contributed by atoms with Gasteiger partial charge >= 0.3 is 6.03 Å². The first kappa shape index (κ1) is 17.1. The van der Waals surface area contributed by atoms with E-state index in [4.69, 9.17) is 14.3 Å². The Hall–Kier alpha value is -2.32. The summed E-state index contributed by atoms with van der Waals surface area (Å²) < 4.78 is 27.7. The van der Waals surface area contributed by atoms with Gasteiger partial charge in [0.05, 0.1) is 12.9 Å². The van der Waals surface area contributed by atoms with Gasteiger partial charge in [-0.2, -0.15) is 0 Å². The van der Waals surface area contributed by atoms with Crippen molar-refractivity contribution >= 4 is 21.6 Å². The van der Waals surface area contributed by atoms with Crippen molar-refractivity contribution in [3.63, 3.8) is 0 Å².